The minimum Gasteiger partial charge on any atom is -0.396 e. The lowest BCUT2D eigenvalue weighted by molar-refractivity contribution is 0.0202. The molecule has 14 heavy (non-hydrogen) atoms. The van der Waals surface area contributed by atoms with Gasteiger partial charge < -0.3 is 9.84 Å². The van der Waals surface area contributed by atoms with E-state index in [0.29, 0.717) is 6.61 Å². The molecular weight excluding hydrogens is 176 g/mol. The average molecular weight is 200 g/mol. The van der Waals surface area contributed by atoms with Crippen molar-refractivity contribution in [1.29, 1.82) is 0 Å². The van der Waals surface area contributed by atoms with Gasteiger partial charge in [0.1, 0.15) is 0 Å². The highest BCUT2D eigenvalue weighted by molar-refractivity contribution is 4.88. The first-order valence-corrected chi connectivity index (χ1v) is 5.97. The van der Waals surface area contributed by atoms with Crippen LogP contribution in [0.1, 0.15) is 52.4 Å². The van der Waals surface area contributed by atoms with Crippen LogP contribution in [0.5, 0.6) is 0 Å². The van der Waals surface area contributed by atoms with E-state index in [1.54, 1.807) is 0 Å². The molecule has 0 aliphatic carbocycles. The average Bonchev–Trinajstić information content (AvgIpc) is 2.56. The zero-order valence-electron chi connectivity index (χ0n) is 9.59. The van der Waals surface area contributed by atoms with Gasteiger partial charge in [-0.2, -0.15) is 0 Å². The summed E-state index contributed by atoms with van der Waals surface area (Å²) in [5.74, 6) is 0. The fourth-order valence-electron chi connectivity index (χ4n) is 2.34. The predicted molar refractivity (Wildman–Crippen MR) is 58.3 cm³/mol. The molecule has 1 aliphatic rings. The van der Waals surface area contributed by atoms with Crippen LogP contribution in [0.15, 0.2) is 0 Å². The summed E-state index contributed by atoms with van der Waals surface area (Å²) in [4.78, 5) is 0. The van der Waals surface area contributed by atoms with Crippen LogP contribution in [0, 0.1) is 5.41 Å². The second kappa shape index (κ2) is 5.72. The van der Waals surface area contributed by atoms with Crippen molar-refractivity contribution in [2.24, 2.45) is 5.41 Å². The number of aliphatic hydroxyl groups is 1. The molecule has 0 spiro atoms. The largest absolute Gasteiger partial charge is 0.396 e. The van der Waals surface area contributed by atoms with Crippen LogP contribution >= 0.6 is 0 Å². The minimum absolute atomic E-state index is 0.0771. The third-order valence-electron chi connectivity index (χ3n) is 3.67. The smallest absolute Gasteiger partial charge is 0.0625 e. The van der Waals surface area contributed by atoms with E-state index in [0.717, 1.165) is 19.4 Å². The Labute approximate surface area is 87.7 Å². The highest BCUT2D eigenvalue weighted by Crippen LogP contribution is 2.39. The zero-order chi connectivity index (χ0) is 10.4. The van der Waals surface area contributed by atoms with Gasteiger partial charge in [0.15, 0.2) is 0 Å². The zero-order valence-corrected chi connectivity index (χ0v) is 9.59. The first kappa shape index (κ1) is 12.0. The SMILES string of the molecule is CCCCCCC1(CO)CCOC1C. The summed E-state index contributed by atoms with van der Waals surface area (Å²) in [7, 11) is 0. The Morgan fingerprint density at radius 1 is 1.36 bits per heavy atom. The Hall–Kier alpha value is -0.0800. The lowest BCUT2D eigenvalue weighted by Crippen LogP contribution is -2.32. The van der Waals surface area contributed by atoms with Crippen molar-refractivity contribution in [3.05, 3.63) is 0 Å². The Kier molecular flexibility index (Phi) is 4.90. The first-order chi connectivity index (χ1) is 6.75. The Morgan fingerprint density at radius 3 is 2.64 bits per heavy atom. The summed E-state index contributed by atoms with van der Waals surface area (Å²) >= 11 is 0. The lowest BCUT2D eigenvalue weighted by atomic mass is 9.78. The van der Waals surface area contributed by atoms with Gasteiger partial charge in [-0.25, -0.2) is 0 Å². The van der Waals surface area contributed by atoms with Crippen LogP contribution in [0.3, 0.4) is 0 Å². The van der Waals surface area contributed by atoms with E-state index in [1.165, 1.54) is 25.7 Å². The fourth-order valence-corrected chi connectivity index (χ4v) is 2.34. The van der Waals surface area contributed by atoms with Crippen LogP contribution in [-0.4, -0.2) is 24.4 Å². The molecule has 1 fully saturated rings. The van der Waals surface area contributed by atoms with Crippen LogP contribution in [0.2, 0.25) is 0 Å². The van der Waals surface area contributed by atoms with Crippen LogP contribution < -0.4 is 0 Å². The number of unbranched alkanes of at least 4 members (excludes halogenated alkanes) is 3. The summed E-state index contributed by atoms with van der Waals surface area (Å²) in [5.41, 5.74) is 0.0771. The van der Waals surface area contributed by atoms with Gasteiger partial charge in [-0.05, 0) is 19.8 Å². The Morgan fingerprint density at radius 2 is 2.14 bits per heavy atom. The molecule has 1 heterocycles. The van der Waals surface area contributed by atoms with Gasteiger partial charge in [-0.3, -0.25) is 0 Å². The van der Waals surface area contributed by atoms with Crippen LogP contribution in [0.25, 0.3) is 0 Å². The van der Waals surface area contributed by atoms with Crippen molar-refractivity contribution < 1.29 is 9.84 Å². The molecule has 0 radical (unpaired) electrons. The molecule has 84 valence electrons. The Bertz CT molecular complexity index is 158. The van der Waals surface area contributed by atoms with E-state index in [2.05, 4.69) is 13.8 Å². The molecule has 0 aromatic heterocycles. The maximum absolute atomic E-state index is 9.46. The lowest BCUT2D eigenvalue weighted by Gasteiger charge is -2.29. The highest BCUT2D eigenvalue weighted by atomic mass is 16.5. The van der Waals surface area contributed by atoms with Gasteiger partial charge in [0.2, 0.25) is 0 Å². The molecule has 2 unspecified atom stereocenters. The molecule has 0 aromatic rings. The van der Waals surface area contributed by atoms with Crippen molar-refractivity contribution in [1.82, 2.24) is 0 Å². The summed E-state index contributed by atoms with van der Waals surface area (Å²) in [5, 5.41) is 9.46. The quantitative estimate of drug-likeness (QED) is 0.668. The molecule has 1 saturated heterocycles. The fraction of sp³-hybridized carbons (Fsp3) is 1.00. The molecule has 2 nitrogen and oxygen atoms in total. The first-order valence-electron chi connectivity index (χ1n) is 5.97. The van der Waals surface area contributed by atoms with Crippen LogP contribution in [0.4, 0.5) is 0 Å². The molecular formula is C12H24O2. The Balaban J connectivity index is 2.30. The highest BCUT2D eigenvalue weighted by Gasteiger charge is 2.40. The summed E-state index contributed by atoms with van der Waals surface area (Å²) in [6, 6.07) is 0. The third-order valence-corrected chi connectivity index (χ3v) is 3.67. The predicted octanol–water partition coefficient (Wildman–Crippen LogP) is 2.74. The molecule has 2 heteroatoms. The third kappa shape index (κ3) is 2.71. The molecule has 0 amide bonds. The molecule has 1 rings (SSSR count). The topological polar surface area (TPSA) is 29.5 Å². The van der Waals surface area contributed by atoms with Gasteiger partial charge in [-0.15, -0.1) is 0 Å². The number of aliphatic hydroxyl groups excluding tert-OH is 1. The monoisotopic (exact) mass is 200 g/mol. The second-order valence-corrected chi connectivity index (χ2v) is 4.59. The maximum Gasteiger partial charge on any atom is 0.0625 e. The van der Waals surface area contributed by atoms with Gasteiger partial charge in [0, 0.05) is 12.0 Å². The van der Waals surface area contributed by atoms with Gasteiger partial charge in [0.05, 0.1) is 12.7 Å². The van der Waals surface area contributed by atoms with E-state index < -0.39 is 0 Å². The van der Waals surface area contributed by atoms with E-state index in [1.807, 2.05) is 0 Å². The van der Waals surface area contributed by atoms with Crippen molar-refractivity contribution in [2.45, 2.75) is 58.5 Å². The molecule has 0 bridgehead atoms. The molecule has 1 aliphatic heterocycles. The number of rotatable bonds is 6. The molecule has 0 saturated carbocycles. The maximum atomic E-state index is 9.46. The number of hydrogen-bond acceptors (Lipinski definition) is 2. The van der Waals surface area contributed by atoms with Crippen molar-refractivity contribution >= 4 is 0 Å². The normalized spacial score (nSPS) is 32.4. The van der Waals surface area contributed by atoms with Crippen molar-refractivity contribution in [3.63, 3.8) is 0 Å². The second-order valence-electron chi connectivity index (χ2n) is 4.59. The number of hydrogen-bond donors (Lipinski definition) is 1. The van der Waals surface area contributed by atoms with E-state index in [9.17, 15) is 5.11 Å². The van der Waals surface area contributed by atoms with Gasteiger partial charge >= 0.3 is 0 Å². The van der Waals surface area contributed by atoms with Crippen LogP contribution in [-0.2, 0) is 4.74 Å². The van der Waals surface area contributed by atoms with Gasteiger partial charge in [0.25, 0.3) is 0 Å². The standard InChI is InChI=1S/C12H24O2/c1-3-4-5-6-7-12(10-13)8-9-14-11(12)2/h11,13H,3-10H2,1-2H3. The summed E-state index contributed by atoms with van der Waals surface area (Å²) < 4.78 is 5.56. The van der Waals surface area contributed by atoms with Gasteiger partial charge in [-0.1, -0.05) is 32.6 Å². The number of ether oxygens (including phenoxy) is 1. The van der Waals surface area contributed by atoms with E-state index >= 15 is 0 Å². The molecule has 2 atom stereocenters. The molecule has 0 aromatic carbocycles. The van der Waals surface area contributed by atoms with Crippen molar-refractivity contribution in [2.75, 3.05) is 13.2 Å². The summed E-state index contributed by atoms with van der Waals surface area (Å²) in [6.45, 7) is 5.45. The minimum atomic E-state index is 0.0771. The molecule has 1 N–H and O–H groups in total. The van der Waals surface area contributed by atoms with E-state index in [-0.39, 0.29) is 11.5 Å². The van der Waals surface area contributed by atoms with E-state index in [4.69, 9.17) is 4.74 Å². The van der Waals surface area contributed by atoms with Crippen molar-refractivity contribution in [3.8, 4) is 0 Å². The summed E-state index contributed by atoms with van der Waals surface area (Å²) in [6.07, 6.45) is 7.54.